The number of nitrogens with one attached hydrogen (secondary N) is 1. The smallest absolute Gasteiger partial charge is 0.317 e. The van der Waals surface area contributed by atoms with Crippen molar-refractivity contribution in [3.63, 3.8) is 0 Å². The second-order valence-electron chi connectivity index (χ2n) is 5.98. The van der Waals surface area contributed by atoms with E-state index in [0.29, 0.717) is 34.8 Å². The maximum atomic E-state index is 13.5. The first-order chi connectivity index (χ1) is 11.9. The Morgan fingerprint density at radius 3 is 2.68 bits per heavy atom. The lowest BCUT2D eigenvalue weighted by atomic mass is 10.0. The van der Waals surface area contributed by atoms with Gasteiger partial charge in [-0.1, -0.05) is 18.5 Å². The van der Waals surface area contributed by atoms with Gasteiger partial charge in [-0.05, 0) is 36.1 Å². The van der Waals surface area contributed by atoms with Gasteiger partial charge in [0, 0.05) is 17.7 Å². The first-order valence-corrected chi connectivity index (χ1v) is 8.05. The quantitative estimate of drug-likeness (QED) is 0.801. The molecule has 1 aromatic carbocycles. The summed E-state index contributed by atoms with van der Waals surface area (Å²) < 4.78 is 32.0. The zero-order valence-corrected chi connectivity index (χ0v) is 14.1. The van der Waals surface area contributed by atoms with Crippen LogP contribution in [0.2, 0.25) is 5.02 Å². The molecule has 1 aliphatic heterocycles. The monoisotopic (exact) mass is 367 g/mol. The van der Waals surface area contributed by atoms with E-state index in [1.54, 1.807) is 12.1 Å². The van der Waals surface area contributed by atoms with Crippen LogP contribution in [0.3, 0.4) is 0 Å². The topological polar surface area (TPSA) is 77.2 Å². The minimum atomic E-state index is -0.639. The van der Waals surface area contributed by atoms with Crippen molar-refractivity contribution in [1.29, 1.82) is 0 Å². The number of urea groups is 1. The summed E-state index contributed by atoms with van der Waals surface area (Å²) in [6.07, 6.45) is 1.42. The molecule has 1 fully saturated rings. The molecule has 0 saturated heterocycles. The molecule has 0 spiro atoms. The highest BCUT2D eigenvalue weighted by Crippen LogP contribution is 2.59. The minimum absolute atomic E-state index is 0.135. The van der Waals surface area contributed by atoms with Gasteiger partial charge in [-0.3, -0.25) is 5.32 Å². The third-order valence-electron chi connectivity index (χ3n) is 4.39. The molecule has 3 N–H and O–H groups in total. The molecular formula is C17H16ClF2N3O2. The maximum Gasteiger partial charge on any atom is 0.317 e. The van der Waals surface area contributed by atoms with Gasteiger partial charge in [-0.2, -0.15) is 0 Å². The average molecular weight is 368 g/mol. The molecule has 8 heteroatoms. The van der Waals surface area contributed by atoms with Crippen LogP contribution in [0.25, 0.3) is 0 Å². The lowest BCUT2D eigenvalue weighted by molar-refractivity contribution is 0.258. The number of rotatable bonds is 1. The van der Waals surface area contributed by atoms with Crippen LogP contribution in [0.15, 0.2) is 30.5 Å². The molecule has 25 heavy (non-hydrogen) atoms. The van der Waals surface area contributed by atoms with Crippen LogP contribution in [0.5, 0.6) is 5.75 Å². The molecular weight excluding hydrogens is 352 g/mol. The second kappa shape index (κ2) is 6.84. The van der Waals surface area contributed by atoms with E-state index in [0.717, 1.165) is 6.07 Å². The summed E-state index contributed by atoms with van der Waals surface area (Å²) in [5, 5.41) is 2.81. The molecule has 0 unspecified atom stereocenters. The molecule has 1 saturated carbocycles. The van der Waals surface area contributed by atoms with Crippen molar-refractivity contribution < 1.29 is 18.3 Å². The van der Waals surface area contributed by atoms with Crippen molar-refractivity contribution in [3.05, 3.63) is 52.7 Å². The summed E-state index contributed by atoms with van der Waals surface area (Å²) in [5.41, 5.74) is 5.29. The molecule has 2 amide bonds. The summed E-state index contributed by atoms with van der Waals surface area (Å²) in [4.78, 5) is 14.1. The Bertz CT molecular complexity index is 801. The van der Waals surface area contributed by atoms with Crippen LogP contribution in [-0.4, -0.2) is 17.6 Å². The average Bonchev–Trinajstić information content (AvgIpc) is 3.24. The van der Waals surface area contributed by atoms with E-state index in [2.05, 4.69) is 17.2 Å². The number of fused-ring (bicyclic) bond motifs is 3. The van der Waals surface area contributed by atoms with Crippen molar-refractivity contribution in [2.24, 2.45) is 17.6 Å². The fourth-order valence-electron chi connectivity index (χ4n) is 3.04. The van der Waals surface area contributed by atoms with Gasteiger partial charge >= 0.3 is 6.03 Å². The van der Waals surface area contributed by atoms with Crippen molar-refractivity contribution in [2.45, 2.75) is 12.8 Å². The van der Waals surface area contributed by atoms with Crippen LogP contribution >= 0.6 is 11.6 Å². The van der Waals surface area contributed by atoms with Crippen LogP contribution < -0.4 is 15.8 Å². The number of anilines is 1. The van der Waals surface area contributed by atoms with E-state index in [9.17, 15) is 13.6 Å². The van der Waals surface area contributed by atoms with Gasteiger partial charge in [0.15, 0.2) is 11.6 Å². The van der Waals surface area contributed by atoms with Crippen molar-refractivity contribution in [3.8, 4) is 5.75 Å². The maximum absolute atomic E-state index is 13.5. The van der Waals surface area contributed by atoms with Gasteiger partial charge in [0.05, 0.1) is 11.6 Å². The number of aromatic nitrogens is 1. The normalized spacial score (nSPS) is 22.5. The molecule has 132 valence electrons. The molecule has 2 aromatic rings. The number of amides is 2. The first kappa shape index (κ1) is 17.4. The van der Waals surface area contributed by atoms with Gasteiger partial charge in [-0.25, -0.2) is 18.6 Å². The van der Waals surface area contributed by atoms with Crippen LogP contribution in [0.1, 0.15) is 18.4 Å². The Labute approximate surface area is 148 Å². The summed E-state index contributed by atoms with van der Waals surface area (Å²) in [7, 11) is 0. The summed E-state index contributed by atoms with van der Waals surface area (Å²) in [6.45, 7) is 2.58. The fraction of sp³-hybridized carbons (Fsp3) is 0.294. The van der Waals surface area contributed by atoms with Gasteiger partial charge in [-0.15, -0.1) is 0 Å². The molecule has 3 atom stereocenters. The zero-order valence-electron chi connectivity index (χ0n) is 13.3. The number of benzene rings is 1. The van der Waals surface area contributed by atoms with E-state index < -0.39 is 11.8 Å². The standard InChI is InChI=1S/C11H10F2O.C6H6ClN3O/c1-5-6-4-14-11-8(13)3-2-7(12)10(11)9(5)6;7-4-1-2-5(9-3-4)10-6(8)11/h2-3,5-6,9H,4H2,1H3;1-3H,(H3,8,9,10,11)/t5-,6+,9-;/m1./s1. The fourth-order valence-corrected chi connectivity index (χ4v) is 3.15. The number of nitrogens with zero attached hydrogens (tertiary/aromatic N) is 1. The predicted molar refractivity (Wildman–Crippen MR) is 89.7 cm³/mol. The molecule has 1 aliphatic carbocycles. The molecule has 5 nitrogen and oxygen atoms in total. The number of hydrogen-bond acceptors (Lipinski definition) is 3. The van der Waals surface area contributed by atoms with E-state index in [4.69, 9.17) is 22.1 Å². The Morgan fingerprint density at radius 1 is 1.32 bits per heavy atom. The molecule has 1 aromatic heterocycles. The molecule has 4 rings (SSSR count). The van der Waals surface area contributed by atoms with E-state index in [-0.39, 0.29) is 17.5 Å². The van der Waals surface area contributed by atoms with E-state index >= 15 is 0 Å². The Balaban J connectivity index is 0.000000151. The lowest BCUT2D eigenvalue weighted by Gasteiger charge is -2.17. The third kappa shape index (κ3) is 3.66. The number of primary amides is 1. The molecule has 0 radical (unpaired) electrons. The van der Waals surface area contributed by atoms with Gasteiger partial charge in [0.2, 0.25) is 0 Å². The Hall–Kier alpha value is -2.41. The number of hydrogen-bond donors (Lipinski definition) is 2. The van der Waals surface area contributed by atoms with E-state index in [1.807, 2.05) is 0 Å². The van der Waals surface area contributed by atoms with Gasteiger partial charge < -0.3 is 10.5 Å². The summed E-state index contributed by atoms with van der Waals surface area (Å²) in [5.74, 6) is 0.734. The number of carbonyl (C=O) groups is 1. The van der Waals surface area contributed by atoms with Crippen molar-refractivity contribution in [1.82, 2.24) is 4.98 Å². The summed E-state index contributed by atoms with van der Waals surface area (Å²) in [6, 6.07) is 4.85. The largest absolute Gasteiger partial charge is 0.490 e. The number of ether oxygens (including phenoxy) is 1. The molecule has 2 aliphatic rings. The van der Waals surface area contributed by atoms with Crippen LogP contribution in [-0.2, 0) is 0 Å². The van der Waals surface area contributed by atoms with E-state index in [1.165, 1.54) is 12.3 Å². The zero-order chi connectivity index (χ0) is 18.1. The summed E-state index contributed by atoms with van der Waals surface area (Å²) >= 11 is 5.54. The van der Waals surface area contributed by atoms with Gasteiger partial charge in [0.25, 0.3) is 0 Å². The van der Waals surface area contributed by atoms with Crippen LogP contribution in [0, 0.1) is 23.5 Å². The Kier molecular flexibility index (Phi) is 4.76. The molecule has 0 bridgehead atoms. The lowest BCUT2D eigenvalue weighted by Crippen LogP contribution is -2.19. The highest BCUT2D eigenvalue weighted by Gasteiger charge is 2.53. The second-order valence-corrected chi connectivity index (χ2v) is 6.42. The number of nitrogens with two attached hydrogens (primary N) is 1. The van der Waals surface area contributed by atoms with Crippen molar-refractivity contribution in [2.75, 3.05) is 11.9 Å². The Morgan fingerprint density at radius 2 is 2.04 bits per heavy atom. The number of carbonyl (C=O) groups excluding carboxylic acids is 1. The number of halogens is 3. The molecule has 2 heterocycles. The highest BCUT2D eigenvalue weighted by molar-refractivity contribution is 6.30. The predicted octanol–water partition coefficient (Wildman–Crippen LogP) is 3.93. The number of pyridine rings is 1. The van der Waals surface area contributed by atoms with Gasteiger partial charge in [0.1, 0.15) is 11.6 Å². The minimum Gasteiger partial charge on any atom is -0.490 e. The third-order valence-corrected chi connectivity index (χ3v) is 4.61. The van der Waals surface area contributed by atoms with Crippen molar-refractivity contribution >= 4 is 23.4 Å². The SMILES string of the molecule is C[C@@H]1[C@@H]2COc3c(F)ccc(F)c3[C@H]12.NC(=O)Nc1ccc(Cl)cn1. The first-order valence-electron chi connectivity index (χ1n) is 7.67. The highest BCUT2D eigenvalue weighted by atomic mass is 35.5. The van der Waals surface area contributed by atoms with Crippen LogP contribution in [0.4, 0.5) is 19.4 Å².